The summed E-state index contributed by atoms with van der Waals surface area (Å²) in [5.41, 5.74) is 0.223. The monoisotopic (exact) mass is 548 g/mol. The molecule has 5 aromatic rings. The standard InChI is InChI=1S/C29H22F2N2O5S/c30-18-5-3-4-17(14-18)16-33-22-9-8-19(32-10-12-37-13-11-32)15-20(22)26-24(28(33)35)25(34)27(29(36)38-26)39-23-7-2-1-6-21(23)31/h1-9,14-15,34H,10-13,16H2. The van der Waals surface area contributed by atoms with Gasteiger partial charge in [-0.25, -0.2) is 13.6 Å². The molecule has 2 aromatic heterocycles. The first-order chi connectivity index (χ1) is 18.9. The molecule has 0 saturated carbocycles. The second-order valence-electron chi connectivity index (χ2n) is 9.13. The van der Waals surface area contributed by atoms with Crippen molar-refractivity contribution in [2.24, 2.45) is 0 Å². The van der Waals surface area contributed by atoms with Crippen molar-refractivity contribution in [1.82, 2.24) is 4.57 Å². The molecule has 0 unspecified atom stereocenters. The van der Waals surface area contributed by atoms with E-state index in [1.165, 1.54) is 34.9 Å². The van der Waals surface area contributed by atoms with Crippen LogP contribution in [0.15, 0.2) is 90.5 Å². The Morgan fingerprint density at radius 3 is 2.51 bits per heavy atom. The van der Waals surface area contributed by atoms with E-state index in [9.17, 15) is 23.5 Å². The number of ether oxygens (including phenoxy) is 1. The van der Waals surface area contributed by atoms with E-state index in [4.69, 9.17) is 9.15 Å². The highest BCUT2D eigenvalue weighted by atomic mass is 32.2. The number of pyridine rings is 1. The van der Waals surface area contributed by atoms with Gasteiger partial charge in [-0.05, 0) is 48.0 Å². The van der Waals surface area contributed by atoms with Crippen molar-refractivity contribution in [2.45, 2.75) is 16.3 Å². The minimum Gasteiger partial charge on any atom is -0.505 e. The highest BCUT2D eigenvalue weighted by Crippen LogP contribution is 2.38. The second-order valence-corrected chi connectivity index (χ2v) is 10.2. The van der Waals surface area contributed by atoms with Crippen LogP contribution in [-0.4, -0.2) is 36.0 Å². The molecule has 0 amide bonds. The lowest BCUT2D eigenvalue weighted by Crippen LogP contribution is -2.36. The van der Waals surface area contributed by atoms with Crippen molar-refractivity contribution in [2.75, 3.05) is 31.2 Å². The summed E-state index contributed by atoms with van der Waals surface area (Å²) in [7, 11) is 0. The Labute approximate surface area is 224 Å². The highest BCUT2D eigenvalue weighted by Gasteiger charge is 2.24. The molecule has 7 nitrogen and oxygen atoms in total. The molecule has 0 bridgehead atoms. The quantitative estimate of drug-likeness (QED) is 0.305. The molecule has 1 aliphatic heterocycles. The average molecular weight is 549 g/mol. The number of halogens is 2. The fourth-order valence-electron chi connectivity index (χ4n) is 4.80. The summed E-state index contributed by atoms with van der Waals surface area (Å²) in [5, 5.41) is 11.5. The fourth-order valence-corrected chi connectivity index (χ4v) is 5.66. The lowest BCUT2D eigenvalue weighted by molar-refractivity contribution is 0.122. The summed E-state index contributed by atoms with van der Waals surface area (Å²) < 4.78 is 40.9. The van der Waals surface area contributed by atoms with Crippen molar-refractivity contribution in [3.63, 3.8) is 0 Å². The molecule has 6 rings (SSSR count). The topological polar surface area (TPSA) is 84.9 Å². The van der Waals surface area contributed by atoms with Gasteiger partial charge in [0, 0.05) is 29.1 Å². The summed E-state index contributed by atoms with van der Waals surface area (Å²) in [4.78, 5) is 28.8. The summed E-state index contributed by atoms with van der Waals surface area (Å²) in [5.74, 6) is -1.62. The molecule has 3 aromatic carbocycles. The first-order valence-corrected chi connectivity index (χ1v) is 13.1. The van der Waals surface area contributed by atoms with E-state index in [1.807, 2.05) is 6.07 Å². The highest BCUT2D eigenvalue weighted by molar-refractivity contribution is 7.99. The van der Waals surface area contributed by atoms with Gasteiger partial charge in [-0.15, -0.1) is 0 Å². The van der Waals surface area contributed by atoms with Crippen molar-refractivity contribution in [3.8, 4) is 5.75 Å². The maximum Gasteiger partial charge on any atom is 0.354 e. The Morgan fingerprint density at radius 1 is 0.949 bits per heavy atom. The van der Waals surface area contributed by atoms with Gasteiger partial charge < -0.3 is 23.7 Å². The summed E-state index contributed by atoms with van der Waals surface area (Å²) in [6.07, 6.45) is 0. The predicted molar refractivity (Wildman–Crippen MR) is 145 cm³/mol. The van der Waals surface area contributed by atoms with Crippen LogP contribution in [0, 0.1) is 11.6 Å². The van der Waals surface area contributed by atoms with Crippen LogP contribution in [0.2, 0.25) is 0 Å². The van der Waals surface area contributed by atoms with Crippen LogP contribution in [0.5, 0.6) is 5.75 Å². The van der Waals surface area contributed by atoms with Gasteiger partial charge in [0.1, 0.15) is 21.9 Å². The lowest BCUT2D eigenvalue weighted by Gasteiger charge is -2.29. The van der Waals surface area contributed by atoms with E-state index < -0.39 is 28.6 Å². The largest absolute Gasteiger partial charge is 0.505 e. The number of rotatable bonds is 5. The number of aromatic hydroxyl groups is 1. The van der Waals surface area contributed by atoms with Gasteiger partial charge >= 0.3 is 5.63 Å². The van der Waals surface area contributed by atoms with Gasteiger partial charge in [0.05, 0.1) is 25.3 Å². The molecule has 0 aliphatic carbocycles. The third-order valence-corrected chi connectivity index (χ3v) is 7.80. The summed E-state index contributed by atoms with van der Waals surface area (Å²) in [6, 6.07) is 17.1. The minimum atomic E-state index is -0.895. The van der Waals surface area contributed by atoms with E-state index >= 15 is 0 Å². The Morgan fingerprint density at radius 2 is 1.74 bits per heavy atom. The number of hydrogen-bond donors (Lipinski definition) is 1. The molecule has 1 N–H and O–H groups in total. The smallest absolute Gasteiger partial charge is 0.354 e. The third kappa shape index (κ3) is 4.66. The summed E-state index contributed by atoms with van der Waals surface area (Å²) in [6.45, 7) is 2.44. The SMILES string of the molecule is O=c1oc2c(c(O)c1Sc1ccccc1F)c(=O)n(Cc1cccc(F)c1)c1ccc(N3CCOCC3)cc21. The first-order valence-electron chi connectivity index (χ1n) is 12.3. The zero-order valence-electron chi connectivity index (χ0n) is 20.5. The molecule has 39 heavy (non-hydrogen) atoms. The van der Waals surface area contributed by atoms with Gasteiger partial charge in [0.25, 0.3) is 5.56 Å². The van der Waals surface area contributed by atoms with E-state index in [0.29, 0.717) is 54.5 Å². The molecule has 0 radical (unpaired) electrons. The molecular formula is C29H22F2N2O5S. The van der Waals surface area contributed by atoms with E-state index in [-0.39, 0.29) is 27.3 Å². The number of benzene rings is 3. The number of anilines is 1. The maximum atomic E-state index is 14.4. The lowest BCUT2D eigenvalue weighted by atomic mass is 10.1. The number of aromatic nitrogens is 1. The predicted octanol–water partition coefficient (Wildman–Crippen LogP) is 5.13. The van der Waals surface area contributed by atoms with E-state index in [0.717, 1.165) is 5.69 Å². The fraction of sp³-hybridized carbons (Fsp3) is 0.172. The van der Waals surface area contributed by atoms with Gasteiger partial charge in [0.2, 0.25) is 0 Å². The van der Waals surface area contributed by atoms with Crippen molar-refractivity contribution < 1.29 is 23.0 Å². The normalized spacial score (nSPS) is 13.8. The first kappa shape index (κ1) is 25.1. The molecule has 1 fully saturated rings. The minimum absolute atomic E-state index is 0.00822. The number of morpholine rings is 1. The second kappa shape index (κ2) is 10.2. The third-order valence-electron chi connectivity index (χ3n) is 6.69. The molecule has 198 valence electrons. The Hall–Kier alpha value is -4.15. The zero-order chi connectivity index (χ0) is 27.1. The zero-order valence-corrected chi connectivity index (χ0v) is 21.3. The Kier molecular flexibility index (Phi) is 6.58. The molecule has 1 aliphatic rings. The van der Waals surface area contributed by atoms with E-state index in [1.54, 1.807) is 30.3 Å². The number of fused-ring (bicyclic) bond motifs is 3. The molecule has 1 saturated heterocycles. The Balaban J connectivity index is 1.62. The Bertz CT molecular complexity index is 1850. The number of hydrogen-bond acceptors (Lipinski definition) is 7. The molecule has 10 heteroatoms. The van der Waals surface area contributed by atoms with Crippen LogP contribution >= 0.6 is 11.8 Å². The van der Waals surface area contributed by atoms with Crippen LogP contribution < -0.4 is 16.1 Å². The van der Waals surface area contributed by atoms with Crippen molar-refractivity contribution in [3.05, 3.63) is 105 Å². The van der Waals surface area contributed by atoms with Crippen molar-refractivity contribution >= 4 is 39.3 Å². The van der Waals surface area contributed by atoms with Crippen LogP contribution in [0.3, 0.4) is 0 Å². The van der Waals surface area contributed by atoms with Gasteiger partial charge in [0.15, 0.2) is 11.3 Å². The van der Waals surface area contributed by atoms with Gasteiger partial charge in [-0.1, -0.05) is 36.0 Å². The van der Waals surface area contributed by atoms with Gasteiger partial charge in [-0.2, -0.15) is 0 Å². The average Bonchev–Trinajstić information content (AvgIpc) is 2.94. The number of nitrogens with zero attached hydrogens (tertiary/aromatic N) is 2. The molecule has 0 atom stereocenters. The molecule has 0 spiro atoms. The molecular weight excluding hydrogens is 526 g/mol. The van der Waals surface area contributed by atoms with Crippen molar-refractivity contribution in [1.29, 1.82) is 0 Å². The van der Waals surface area contributed by atoms with E-state index in [2.05, 4.69) is 4.90 Å². The van der Waals surface area contributed by atoms with Gasteiger partial charge in [-0.3, -0.25) is 4.79 Å². The molecule has 3 heterocycles. The maximum absolute atomic E-state index is 14.4. The van der Waals surface area contributed by atoms with Crippen LogP contribution in [0.4, 0.5) is 14.5 Å². The van der Waals surface area contributed by atoms with Crippen LogP contribution in [-0.2, 0) is 11.3 Å². The van der Waals surface area contributed by atoms with Crippen LogP contribution in [0.1, 0.15) is 5.56 Å². The van der Waals surface area contributed by atoms with Crippen LogP contribution in [0.25, 0.3) is 21.9 Å². The summed E-state index contributed by atoms with van der Waals surface area (Å²) >= 11 is 0.683.